The van der Waals surface area contributed by atoms with Gasteiger partial charge in [0.1, 0.15) is 0 Å². The third-order valence-corrected chi connectivity index (χ3v) is 4.05. The average molecular weight is 404 g/mol. The monoisotopic (exact) mass is 403 g/mol. The summed E-state index contributed by atoms with van der Waals surface area (Å²) >= 11 is 3.35. The van der Waals surface area contributed by atoms with Gasteiger partial charge in [0, 0.05) is 28.0 Å². The Bertz CT molecular complexity index is 717. The third-order valence-electron chi connectivity index (χ3n) is 3.52. The Morgan fingerprint density at radius 1 is 1.04 bits per heavy atom. The number of amides is 2. The molecule has 0 unspecified atom stereocenters. The summed E-state index contributed by atoms with van der Waals surface area (Å²) in [4.78, 5) is 24.1. The van der Waals surface area contributed by atoms with E-state index in [-0.39, 0.29) is 18.4 Å². The maximum absolute atomic E-state index is 12.1. The minimum Gasteiger partial charge on any atom is -0.376 e. The summed E-state index contributed by atoms with van der Waals surface area (Å²) < 4.78 is 0.956. The Hall–Kier alpha value is -2.34. The van der Waals surface area contributed by atoms with Crippen molar-refractivity contribution < 1.29 is 9.59 Å². The molecule has 0 radical (unpaired) electrons. The largest absolute Gasteiger partial charge is 0.376 e. The van der Waals surface area contributed by atoms with Gasteiger partial charge >= 0.3 is 0 Å². The van der Waals surface area contributed by atoms with E-state index in [2.05, 4.69) is 38.8 Å². The van der Waals surface area contributed by atoms with E-state index in [1.54, 1.807) is 18.2 Å². The number of hydrogen-bond acceptors (Lipinski definition) is 3. The smallest absolute Gasteiger partial charge is 0.251 e. The molecular formula is C19H22BrN3O2. The predicted molar refractivity (Wildman–Crippen MR) is 105 cm³/mol. The second kappa shape index (κ2) is 9.84. The Morgan fingerprint density at radius 2 is 1.80 bits per heavy atom. The summed E-state index contributed by atoms with van der Waals surface area (Å²) in [6, 6.07) is 14.5. The molecule has 0 heterocycles. The van der Waals surface area contributed by atoms with Gasteiger partial charge in [0.05, 0.1) is 6.54 Å². The van der Waals surface area contributed by atoms with Crippen molar-refractivity contribution in [3.05, 3.63) is 58.6 Å². The SMILES string of the molecule is CCCCNC(=O)c1cccc(NCC(=O)Nc2ccc(Br)cc2)c1. The van der Waals surface area contributed by atoms with Crippen molar-refractivity contribution in [2.24, 2.45) is 0 Å². The molecule has 3 N–H and O–H groups in total. The summed E-state index contributed by atoms with van der Waals surface area (Å²) in [6.07, 6.45) is 2.00. The van der Waals surface area contributed by atoms with Crippen molar-refractivity contribution in [3.63, 3.8) is 0 Å². The molecule has 6 heteroatoms. The van der Waals surface area contributed by atoms with Crippen molar-refractivity contribution in [3.8, 4) is 0 Å². The highest BCUT2D eigenvalue weighted by atomic mass is 79.9. The number of unbranched alkanes of at least 4 members (excludes halogenated alkanes) is 1. The molecule has 0 aliphatic carbocycles. The Morgan fingerprint density at radius 3 is 2.52 bits per heavy atom. The van der Waals surface area contributed by atoms with Crippen molar-refractivity contribution in [2.45, 2.75) is 19.8 Å². The fourth-order valence-corrected chi connectivity index (χ4v) is 2.44. The number of nitrogens with one attached hydrogen (secondary N) is 3. The zero-order chi connectivity index (χ0) is 18.1. The van der Waals surface area contributed by atoms with Crippen LogP contribution in [0.5, 0.6) is 0 Å². The molecule has 2 rings (SSSR count). The van der Waals surface area contributed by atoms with Gasteiger partial charge in [-0.05, 0) is 48.9 Å². The predicted octanol–water partition coefficient (Wildman–Crippen LogP) is 4.03. The molecule has 0 fully saturated rings. The van der Waals surface area contributed by atoms with E-state index in [1.165, 1.54) is 0 Å². The number of halogens is 1. The number of hydrogen-bond donors (Lipinski definition) is 3. The molecule has 0 saturated carbocycles. The van der Waals surface area contributed by atoms with Crippen LogP contribution in [0.25, 0.3) is 0 Å². The van der Waals surface area contributed by atoms with Crippen LogP contribution < -0.4 is 16.0 Å². The van der Waals surface area contributed by atoms with E-state index in [0.717, 1.165) is 28.7 Å². The van der Waals surface area contributed by atoms with Gasteiger partial charge in [-0.2, -0.15) is 0 Å². The maximum Gasteiger partial charge on any atom is 0.251 e. The van der Waals surface area contributed by atoms with Gasteiger partial charge in [0.2, 0.25) is 5.91 Å². The average Bonchev–Trinajstić information content (AvgIpc) is 2.62. The fourth-order valence-electron chi connectivity index (χ4n) is 2.17. The van der Waals surface area contributed by atoms with Gasteiger partial charge in [0.15, 0.2) is 0 Å². The van der Waals surface area contributed by atoms with Crippen LogP contribution in [0.15, 0.2) is 53.0 Å². The normalized spacial score (nSPS) is 10.2. The second-order valence-corrected chi connectivity index (χ2v) is 6.51. The molecule has 2 aromatic rings. The first-order valence-electron chi connectivity index (χ1n) is 8.26. The van der Waals surface area contributed by atoms with Crippen LogP contribution >= 0.6 is 15.9 Å². The summed E-state index contributed by atoms with van der Waals surface area (Å²) in [5.41, 5.74) is 2.04. The summed E-state index contributed by atoms with van der Waals surface area (Å²) in [6.45, 7) is 2.87. The highest BCUT2D eigenvalue weighted by molar-refractivity contribution is 9.10. The molecule has 2 amide bonds. The van der Waals surface area contributed by atoms with Gasteiger partial charge in [-0.15, -0.1) is 0 Å². The van der Waals surface area contributed by atoms with Crippen molar-refractivity contribution >= 4 is 39.1 Å². The van der Waals surface area contributed by atoms with Gasteiger partial charge in [0.25, 0.3) is 5.91 Å². The van der Waals surface area contributed by atoms with Crippen LogP contribution in [-0.2, 0) is 4.79 Å². The zero-order valence-corrected chi connectivity index (χ0v) is 15.7. The van der Waals surface area contributed by atoms with E-state index in [1.807, 2.05) is 30.3 Å². The quantitative estimate of drug-likeness (QED) is 0.582. The Kier molecular flexibility index (Phi) is 7.47. The molecule has 25 heavy (non-hydrogen) atoms. The number of anilines is 2. The number of carbonyl (C=O) groups is 2. The van der Waals surface area contributed by atoms with E-state index < -0.39 is 0 Å². The standard InChI is InChI=1S/C19H22BrN3O2/c1-2-3-11-21-19(25)14-5-4-6-17(12-14)22-13-18(24)23-16-9-7-15(20)8-10-16/h4-10,12,22H,2-3,11,13H2,1H3,(H,21,25)(H,23,24). The van der Waals surface area contributed by atoms with Crippen LogP contribution in [0.3, 0.4) is 0 Å². The van der Waals surface area contributed by atoms with E-state index in [4.69, 9.17) is 0 Å². The highest BCUT2D eigenvalue weighted by Gasteiger charge is 2.07. The van der Waals surface area contributed by atoms with Crippen LogP contribution in [0.4, 0.5) is 11.4 Å². The van der Waals surface area contributed by atoms with Gasteiger partial charge in [-0.3, -0.25) is 9.59 Å². The minimum absolute atomic E-state index is 0.101. The lowest BCUT2D eigenvalue weighted by Crippen LogP contribution is -2.25. The summed E-state index contributed by atoms with van der Waals surface area (Å²) in [5, 5.41) is 8.73. The first-order chi connectivity index (χ1) is 12.1. The first-order valence-corrected chi connectivity index (χ1v) is 9.05. The van der Waals surface area contributed by atoms with Crippen LogP contribution in [0.2, 0.25) is 0 Å². The first kappa shape index (κ1) is 19.0. The fraction of sp³-hybridized carbons (Fsp3) is 0.263. The number of carbonyl (C=O) groups excluding carboxylic acids is 2. The molecule has 132 valence electrons. The maximum atomic E-state index is 12.1. The molecule has 0 aliphatic rings. The Balaban J connectivity index is 1.85. The molecule has 0 aromatic heterocycles. The lowest BCUT2D eigenvalue weighted by molar-refractivity contribution is -0.114. The number of rotatable bonds is 8. The molecule has 0 saturated heterocycles. The van der Waals surface area contributed by atoms with E-state index >= 15 is 0 Å². The van der Waals surface area contributed by atoms with Crippen LogP contribution in [-0.4, -0.2) is 24.9 Å². The lowest BCUT2D eigenvalue weighted by atomic mass is 10.2. The number of benzene rings is 2. The highest BCUT2D eigenvalue weighted by Crippen LogP contribution is 2.14. The van der Waals surface area contributed by atoms with Crippen molar-refractivity contribution in [2.75, 3.05) is 23.7 Å². The van der Waals surface area contributed by atoms with E-state index in [9.17, 15) is 9.59 Å². The van der Waals surface area contributed by atoms with Crippen molar-refractivity contribution in [1.29, 1.82) is 0 Å². The molecule has 0 spiro atoms. The molecular weight excluding hydrogens is 382 g/mol. The topological polar surface area (TPSA) is 70.2 Å². The van der Waals surface area contributed by atoms with Gasteiger partial charge in [-0.1, -0.05) is 35.3 Å². The molecule has 5 nitrogen and oxygen atoms in total. The lowest BCUT2D eigenvalue weighted by Gasteiger charge is -2.10. The Labute approximate surface area is 156 Å². The molecule has 0 aliphatic heterocycles. The van der Waals surface area contributed by atoms with E-state index in [0.29, 0.717) is 12.1 Å². The molecule has 2 aromatic carbocycles. The minimum atomic E-state index is -0.153. The zero-order valence-electron chi connectivity index (χ0n) is 14.1. The van der Waals surface area contributed by atoms with Gasteiger partial charge in [-0.25, -0.2) is 0 Å². The van der Waals surface area contributed by atoms with Crippen LogP contribution in [0, 0.1) is 0 Å². The molecule has 0 bridgehead atoms. The van der Waals surface area contributed by atoms with Gasteiger partial charge < -0.3 is 16.0 Å². The second-order valence-electron chi connectivity index (χ2n) is 5.60. The molecule has 0 atom stereocenters. The third kappa shape index (κ3) is 6.58. The van der Waals surface area contributed by atoms with Crippen LogP contribution in [0.1, 0.15) is 30.1 Å². The van der Waals surface area contributed by atoms with Crippen molar-refractivity contribution in [1.82, 2.24) is 5.32 Å². The summed E-state index contributed by atoms with van der Waals surface area (Å²) in [7, 11) is 0. The summed E-state index contributed by atoms with van der Waals surface area (Å²) in [5.74, 6) is -0.253.